The molecule has 1 unspecified atom stereocenters. The lowest BCUT2D eigenvalue weighted by Crippen LogP contribution is -2.30. The first-order chi connectivity index (χ1) is 11.0. The minimum Gasteiger partial charge on any atom is -0.344 e. The van der Waals surface area contributed by atoms with Gasteiger partial charge in [-0.15, -0.1) is 23.1 Å². The van der Waals surface area contributed by atoms with Gasteiger partial charge in [-0.3, -0.25) is 14.9 Å². The highest BCUT2D eigenvalue weighted by atomic mass is 35.5. The van der Waals surface area contributed by atoms with Crippen LogP contribution in [0.3, 0.4) is 0 Å². The molecule has 0 bridgehead atoms. The van der Waals surface area contributed by atoms with Crippen LogP contribution in [0.25, 0.3) is 0 Å². The number of nitrogens with one attached hydrogen (secondary N) is 1. The zero-order chi connectivity index (χ0) is 16.6. The van der Waals surface area contributed by atoms with Crippen LogP contribution < -0.4 is 5.32 Å². The number of benzene rings is 1. The van der Waals surface area contributed by atoms with Gasteiger partial charge in [0.15, 0.2) is 0 Å². The first kappa shape index (κ1) is 16.3. The fourth-order valence-corrected chi connectivity index (χ4v) is 4.69. The number of thiophene rings is 1. The lowest BCUT2D eigenvalue weighted by molar-refractivity contribution is -0.385. The molecule has 0 aliphatic carbocycles. The molecular formula is C15H13ClN2O3S2. The van der Waals surface area contributed by atoms with Gasteiger partial charge in [0, 0.05) is 21.7 Å². The Hall–Kier alpha value is -1.57. The van der Waals surface area contributed by atoms with E-state index < -0.39 is 4.92 Å². The Labute approximate surface area is 146 Å². The van der Waals surface area contributed by atoms with E-state index in [9.17, 15) is 14.9 Å². The topological polar surface area (TPSA) is 72.2 Å². The van der Waals surface area contributed by atoms with Crippen LogP contribution in [0.4, 0.5) is 5.69 Å². The Balaban J connectivity index is 1.83. The van der Waals surface area contributed by atoms with Gasteiger partial charge in [0.1, 0.15) is 0 Å². The number of nitrogens with zero attached hydrogens (tertiary/aromatic N) is 1. The van der Waals surface area contributed by atoms with Crippen molar-refractivity contribution in [1.29, 1.82) is 0 Å². The summed E-state index contributed by atoms with van der Waals surface area (Å²) in [6.07, 6.45) is 0.802. The number of hydrogen-bond donors (Lipinski definition) is 1. The maximum Gasteiger partial charge on any atom is 0.283 e. The first-order valence-corrected chi connectivity index (χ1v) is 9.11. The summed E-state index contributed by atoms with van der Waals surface area (Å²) in [5, 5.41) is 14.5. The molecule has 23 heavy (non-hydrogen) atoms. The van der Waals surface area contributed by atoms with Gasteiger partial charge in [-0.1, -0.05) is 11.6 Å². The molecule has 1 aromatic heterocycles. The highest BCUT2D eigenvalue weighted by molar-refractivity contribution is 7.99. The maximum atomic E-state index is 12.4. The van der Waals surface area contributed by atoms with Crippen LogP contribution in [0.5, 0.6) is 0 Å². The van der Waals surface area contributed by atoms with Crippen molar-refractivity contribution in [3.63, 3.8) is 0 Å². The van der Waals surface area contributed by atoms with Crippen LogP contribution in [0.15, 0.2) is 29.2 Å². The molecule has 5 nitrogen and oxygen atoms in total. The number of aryl methyl sites for hydroxylation is 1. The summed E-state index contributed by atoms with van der Waals surface area (Å²) in [5.41, 5.74) is 0.993. The van der Waals surface area contributed by atoms with Gasteiger partial charge in [-0.25, -0.2) is 0 Å². The fraction of sp³-hybridized carbons (Fsp3) is 0.267. The highest BCUT2D eigenvalue weighted by Gasteiger charge is 2.25. The lowest BCUT2D eigenvalue weighted by Gasteiger charge is -2.26. The lowest BCUT2D eigenvalue weighted by atomic mass is 10.0. The molecule has 2 aromatic rings. The highest BCUT2D eigenvalue weighted by Crippen LogP contribution is 2.38. The Morgan fingerprint density at radius 1 is 1.43 bits per heavy atom. The zero-order valence-corrected chi connectivity index (χ0v) is 14.6. The van der Waals surface area contributed by atoms with Crippen molar-refractivity contribution in [3.05, 3.63) is 54.7 Å². The summed E-state index contributed by atoms with van der Waals surface area (Å²) in [4.78, 5) is 24.9. The number of carbonyl (C=O) groups excluding carboxylic acids is 1. The molecule has 2 heterocycles. The molecule has 120 valence electrons. The van der Waals surface area contributed by atoms with E-state index in [0.717, 1.165) is 34.0 Å². The van der Waals surface area contributed by atoms with Crippen molar-refractivity contribution >= 4 is 46.3 Å². The molecule has 1 aliphatic heterocycles. The second-order valence-electron chi connectivity index (χ2n) is 5.15. The molecule has 1 atom stereocenters. The summed E-state index contributed by atoms with van der Waals surface area (Å²) in [6, 6.07) is 6.88. The van der Waals surface area contributed by atoms with Gasteiger partial charge in [0.2, 0.25) is 0 Å². The van der Waals surface area contributed by atoms with E-state index in [1.54, 1.807) is 18.7 Å². The van der Waals surface area contributed by atoms with E-state index in [2.05, 4.69) is 5.32 Å². The number of amides is 1. The molecule has 1 N–H and O–H groups in total. The summed E-state index contributed by atoms with van der Waals surface area (Å²) < 4.78 is 0. The van der Waals surface area contributed by atoms with E-state index in [-0.39, 0.29) is 17.6 Å². The van der Waals surface area contributed by atoms with Crippen LogP contribution >= 0.6 is 34.7 Å². The molecule has 3 rings (SSSR count). The third-order valence-electron chi connectivity index (χ3n) is 3.63. The second kappa shape index (κ2) is 6.51. The number of thioether (sulfide) groups is 1. The molecule has 1 aromatic carbocycles. The Morgan fingerprint density at radius 2 is 2.22 bits per heavy atom. The van der Waals surface area contributed by atoms with E-state index in [0.29, 0.717) is 14.8 Å². The van der Waals surface area contributed by atoms with Gasteiger partial charge < -0.3 is 5.32 Å². The number of halogens is 1. The minimum absolute atomic E-state index is 0.0113. The average Bonchev–Trinajstić information content (AvgIpc) is 2.90. The predicted octanol–water partition coefficient (Wildman–Crippen LogP) is 4.59. The first-order valence-electron chi connectivity index (χ1n) is 6.93. The minimum atomic E-state index is -0.463. The quantitative estimate of drug-likeness (QED) is 0.635. The van der Waals surface area contributed by atoms with E-state index in [1.807, 2.05) is 18.2 Å². The molecule has 1 aliphatic rings. The molecule has 8 heteroatoms. The summed E-state index contributed by atoms with van der Waals surface area (Å²) >= 11 is 8.94. The van der Waals surface area contributed by atoms with E-state index >= 15 is 0 Å². The second-order valence-corrected chi connectivity index (χ2v) is 7.98. The van der Waals surface area contributed by atoms with Gasteiger partial charge >= 0.3 is 0 Å². The van der Waals surface area contributed by atoms with Crippen LogP contribution in [-0.4, -0.2) is 16.6 Å². The van der Waals surface area contributed by atoms with Crippen LogP contribution in [0.2, 0.25) is 5.02 Å². The largest absolute Gasteiger partial charge is 0.344 e. The third kappa shape index (κ3) is 3.36. The van der Waals surface area contributed by atoms with Gasteiger partial charge in [-0.2, -0.15) is 0 Å². The standard InChI is InChI=1S/C15H13ClN2O3S2/c1-8-12(18(20)21)7-14(23-8)15(19)17-11-4-5-22-13-3-2-9(16)6-10(11)13/h2-3,6-7,11H,4-5H2,1H3,(H,17,19). The molecule has 1 amide bonds. The Morgan fingerprint density at radius 3 is 2.91 bits per heavy atom. The van der Waals surface area contributed by atoms with Crippen LogP contribution in [0.1, 0.15) is 32.6 Å². The van der Waals surface area contributed by atoms with Crippen molar-refractivity contribution < 1.29 is 9.72 Å². The average molecular weight is 369 g/mol. The van der Waals surface area contributed by atoms with Gasteiger partial charge in [-0.05, 0) is 37.1 Å². The zero-order valence-electron chi connectivity index (χ0n) is 12.2. The molecule has 0 saturated heterocycles. The van der Waals surface area contributed by atoms with Crippen molar-refractivity contribution in [1.82, 2.24) is 5.32 Å². The number of rotatable bonds is 3. The predicted molar refractivity (Wildman–Crippen MR) is 92.7 cm³/mol. The third-order valence-corrected chi connectivity index (χ3v) is 6.02. The maximum absolute atomic E-state index is 12.4. The number of hydrogen-bond acceptors (Lipinski definition) is 5. The fourth-order valence-electron chi connectivity index (χ4n) is 2.51. The smallest absolute Gasteiger partial charge is 0.283 e. The van der Waals surface area contributed by atoms with E-state index in [4.69, 9.17) is 11.6 Å². The van der Waals surface area contributed by atoms with Crippen LogP contribution in [0, 0.1) is 17.0 Å². The SMILES string of the molecule is Cc1sc(C(=O)NC2CCSc3ccc(Cl)cc32)cc1[N+](=O)[O-]. The van der Waals surface area contributed by atoms with Crippen molar-refractivity contribution in [2.75, 3.05) is 5.75 Å². The van der Waals surface area contributed by atoms with Crippen molar-refractivity contribution in [2.24, 2.45) is 0 Å². The normalized spacial score (nSPS) is 16.7. The molecule has 0 saturated carbocycles. The van der Waals surface area contributed by atoms with Gasteiger partial charge in [0.25, 0.3) is 11.6 Å². The van der Waals surface area contributed by atoms with Crippen LogP contribution in [-0.2, 0) is 0 Å². The van der Waals surface area contributed by atoms with Crippen molar-refractivity contribution in [3.8, 4) is 0 Å². The monoisotopic (exact) mass is 368 g/mol. The number of carbonyl (C=O) groups is 1. The number of nitro groups is 1. The van der Waals surface area contributed by atoms with Gasteiger partial charge in [0.05, 0.1) is 20.7 Å². The van der Waals surface area contributed by atoms with Crippen molar-refractivity contribution in [2.45, 2.75) is 24.3 Å². The summed E-state index contributed by atoms with van der Waals surface area (Å²) in [7, 11) is 0. The summed E-state index contributed by atoms with van der Waals surface area (Å²) in [5.74, 6) is 0.623. The molecular weight excluding hydrogens is 356 g/mol. The molecule has 0 spiro atoms. The van der Waals surface area contributed by atoms with E-state index in [1.165, 1.54) is 6.07 Å². The summed E-state index contributed by atoms with van der Waals surface area (Å²) in [6.45, 7) is 1.64. The molecule has 0 radical (unpaired) electrons. The Kier molecular flexibility index (Phi) is 4.61. The number of fused-ring (bicyclic) bond motifs is 1. The Bertz CT molecular complexity index is 791. The molecule has 0 fully saturated rings.